The van der Waals surface area contributed by atoms with E-state index in [0.717, 1.165) is 19.3 Å². The van der Waals surface area contributed by atoms with E-state index < -0.39 is 11.8 Å². The number of nitrogens with one attached hydrogen (secondary N) is 2. The topological polar surface area (TPSA) is 70.6 Å². The standard InChI is InChI=1S/C14H28N2O3/c1-13(2,3)19-12(18)15-8-6-7-10-9-14(4,5)16-11(10)17/h10-11,16-17H,6-9H2,1-5H3,(H,15,18)/t10-,11?/m0/s1. The van der Waals surface area contributed by atoms with Crippen molar-refractivity contribution in [1.82, 2.24) is 10.6 Å². The van der Waals surface area contributed by atoms with Gasteiger partial charge in [0.15, 0.2) is 0 Å². The summed E-state index contributed by atoms with van der Waals surface area (Å²) in [5.41, 5.74) is -0.456. The van der Waals surface area contributed by atoms with E-state index in [2.05, 4.69) is 24.5 Å². The molecule has 19 heavy (non-hydrogen) atoms. The molecule has 1 unspecified atom stereocenters. The van der Waals surface area contributed by atoms with Crippen molar-refractivity contribution < 1.29 is 14.6 Å². The van der Waals surface area contributed by atoms with Crippen molar-refractivity contribution in [2.75, 3.05) is 6.54 Å². The van der Waals surface area contributed by atoms with Crippen LogP contribution in [0.2, 0.25) is 0 Å². The van der Waals surface area contributed by atoms with Crippen molar-refractivity contribution in [2.24, 2.45) is 5.92 Å². The zero-order valence-corrected chi connectivity index (χ0v) is 12.7. The van der Waals surface area contributed by atoms with Crippen LogP contribution < -0.4 is 10.6 Å². The monoisotopic (exact) mass is 272 g/mol. The molecule has 1 aliphatic heterocycles. The Bertz CT molecular complexity index is 310. The molecule has 5 heteroatoms. The summed E-state index contributed by atoms with van der Waals surface area (Å²) >= 11 is 0. The average molecular weight is 272 g/mol. The molecule has 0 radical (unpaired) electrons. The van der Waals surface area contributed by atoms with Crippen LogP contribution in [0.5, 0.6) is 0 Å². The molecule has 2 atom stereocenters. The molecular formula is C14H28N2O3. The Morgan fingerprint density at radius 1 is 1.47 bits per heavy atom. The van der Waals surface area contributed by atoms with Gasteiger partial charge in [-0.15, -0.1) is 0 Å². The number of alkyl carbamates (subject to hydrolysis) is 1. The third-order valence-electron chi connectivity index (χ3n) is 3.18. The van der Waals surface area contributed by atoms with Crippen LogP contribution in [-0.4, -0.2) is 35.1 Å². The fourth-order valence-electron chi connectivity index (χ4n) is 2.47. The van der Waals surface area contributed by atoms with Gasteiger partial charge in [-0.25, -0.2) is 4.79 Å². The van der Waals surface area contributed by atoms with Gasteiger partial charge >= 0.3 is 6.09 Å². The minimum atomic E-state index is -0.459. The molecule has 3 N–H and O–H groups in total. The number of hydrogen-bond donors (Lipinski definition) is 3. The summed E-state index contributed by atoms with van der Waals surface area (Å²) in [7, 11) is 0. The van der Waals surface area contributed by atoms with Crippen LogP contribution in [0.4, 0.5) is 4.79 Å². The minimum absolute atomic E-state index is 0.00266. The lowest BCUT2D eigenvalue weighted by Gasteiger charge is -2.20. The Hall–Kier alpha value is -0.810. The Labute approximate surface area is 116 Å². The van der Waals surface area contributed by atoms with Gasteiger partial charge in [0, 0.05) is 18.0 Å². The van der Waals surface area contributed by atoms with Gasteiger partial charge in [0.1, 0.15) is 11.8 Å². The van der Waals surface area contributed by atoms with E-state index >= 15 is 0 Å². The highest BCUT2D eigenvalue weighted by Gasteiger charge is 2.36. The molecule has 0 aromatic heterocycles. The quantitative estimate of drug-likeness (QED) is 0.685. The van der Waals surface area contributed by atoms with E-state index in [9.17, 15) is 9.90 Å². The number of ether oxygens (including phenoxy) is 1. The molecule has 1 amide bonds. The minimum Gasteiger partial charge on any atom is -0.444 e. The van der Waals surface area contributed by atoms with Gasteiger partial charge in [0.2, 0.25) is 0 Å². The molecule has 1 fully saturated rings. The zero-order chi connectivity index (χ0) is 14.7. The third-order valence-corrected chi connectivity index (χ3v) is 3.18. The zero-order valence-electron chi connectivity index (χ0n) is 12.7. The largest absolute Gasteiger partial charge is 0.444 e. The van der Waals surface area contributed by atoms with Gasteiger partial charge in [-0.3, -0.25) is 5.32 Å². The highest BCUT2D eigenvalue weighted by molar-refractivity contribution is 5.67. The maximum atomic E-state index is 11.4. The second-order valence-corrected chi connectivity index (χ2v) is 7.01. The normalized spacial score (nSPS) is 26.2. The molecule has 0 saturated carbocycles. The molecule has 1 saturated heterocycles. The first-order valence-electron chi connectivity index (χ1n) is 7.02. The Kier molecular flexibility index (Phi) is 5.21. The summed E-state index contributed by atoms with van der Waals surface area (Å²) in [5, 5.41) is 15.8. The molecule has 1 heterocycles. The van der Waals surface area contributed by atoms with Crippen LogP contribution in [0.25, 0.3) is 0 Å². The molecule has 1 rings (SSSR count). The predicted octanol–water partition coefficient (Wildman–Crippen LogP) is 2.00. The SMILES string of the molecule is CC1(C)C[C@H](CCCNC(=O)OC(C)(C)C)C(O)N1. The van der Waals surface area contributed by atoms with Gasteiger partial charge < -0.3 is 15.2 Å². The van der Waals surface area contributed by atoms with Crippen molar-refractivity contribution in [3.8, 4) is 0 Å². The lowest BCUT2D eigenvalue weighted by Crippen LogP contribution is -2.37. The van der Waals surface area contributed by atoms with Gasteiger partial charge in [-0.05, 0) is 53.9 Å². The molecule has 1 aliphatic rings. The second kappa shape index (κ2) is 6.09. The number of aliphatic hydroxyl groups excluding tert-OH is 1. The average Bonchev–Trinajstić information content (AvgIpc) is 2.44. The summed E-state index contributed by atoms with van der Waals surface area (Å²) in [6.45, 7) is 10.3. The fraction of sp³-hybridized carbons (Fsp3) is 0.929. The van der Waals surface area contributed by atoms with Crippen molar-refractivity contribution in [3.63, 3.8) is 0 Å². The van der Waals surface area contributed by atoms with E-state index in [4.69, 9.17) is 4.74 Å². The summed E-state index contributed by atoms with van der Waals surface area (Å²) in [6.07, 6.45) is 1.89. The molecule has 0 bridgehead atoms. The first-order chi connectivity index (χ1) is 8.59. The molecular weight excluding hydrogens is 244 g/mol. The number of aliphatic hydroxyl groups is 1. The van der Waals surface area contributed by atoms with Crippen molar-refractivity contribution in [1.29, 1.82) is 0 Å². The molecule has 0 aliphatic carbocycles. The predicted molar refractivity (Wildman–Crippen MR) is 74.8 cm³/mol. The summed E-state index contributed by atoms with van der Waals surface area (Å²) in [4.78, 5) is 11.4. The van der Waals surface area contributed by atoms with Crippen LogP contribution >= 0.6 is 0 Å². The van der Waals surface area contributed by atoms with Crippen molar-refractivity contribution in [2.45, 2.75) is 71.2 Å². The smallest absolute Gasteiger partial charge is 0.407 e. The first-order valence-corrected chi connectivity index (χ1v) is 7.02. The van der Waals surface area contributed by atoms with Crippen LogP contribution in [0, 0.1) is 5.92 Å². The van der Waals surface area contributed by atoms with Crippen LogP contribution in [0.3, 0.4) is 0 Å². The van der Waals surface area contributed by atoms with Crippen LogP contribution in [0.1, 0.15) is 53.9 Å². The number of carbonyl (C=O) groups is 1. The maximum Gasteiger partial charge on any atom is 0.407 e. The summed E-state index contributed by atoms with van der Waals surface area (Å²) < 4.78 is 5.15. The Morgan fingerprint density at radius 2 is 2.11 bits per heavy atom. The van der Waals surface area contributed by atoms with Crippen molar-refractivity contribution >= 4 is 6.09 Å². The van der Waals surface area contributed by atoms with E-state index in [1.54, 1.807) is 0 Å². The third kappa shape index (κ3) is 6.25. The molecule has 0 aromatic rings. The van der Waals surface area contributed by atoms with Gasteiger partial charge in [0.25, 0.3) is 0 Å². The Balaban J connectivity index is 2.16. The van der Waals surface area contributed by atoms with Gasteiger partial charge in [0.05, 0.1) is 0 Å². The highest BCUT2D eigenvalue weighted by Crippen LogP contribution is 2.30. The molecule has 0 spiro atoms. The van der Waals surface area contributed by atoms with Gasteiger partial charge in [-0.1, -0.05) is 0 Å². The highest BCUT2D eigenvalue weighted by atomic mass is 16.6. The van der Waals surface area contributed by atoms with Gasteiger partial charge in [-0.2, -0.15) is 0 Å². The van der Waals surface area contributed by atoms with E-state index in [1.165, 1.54) is 0 Å². The number of hydrogen-bond acceptors (Lipinski definition) is 4. The number of carbonyl (C=O) groups excluding carboxylic acids is 1. The van der Waals surface area contributed by atoms with E-state index in [1.807, 2.05) is 20.8 Å². The second-order valence-electron chi connectivity index (χ2n) is 7.01. The lowest BCUT2D eigenvalue weighted by atomic mass is 9.93. The molecule has 112 valence electrons. The fourth-order valence-corrected chi connectivity index (χ4v) is 2.47. The maximum absolute atomic E-state index is 11.4. The van der Waals surface area contributed by atoms with Crippen LogP contribution in [0.15, 0.2) is 0 Å². The Morgan fingerprint density at radius 3 is 2.58 bits per heavy atom. The van der Waals surface area contributed by atoms with Crippen molar-refractivity contribution in [3.05, 3.63) is 0 Å². The van der Waals surface area contributed by atoms with E-state index in [0.29, 0.717) is 6.54 Å². The number of rotatable bonds is 4. The van der Waals surface area contributed by atoms with Crippen LogP contribution in [-0.2, 0) is 4.74 Å². The summed E-state index contributed by atoms with van der Waals surface area (Å²) in [5.74, 6) is 0.260. The summed E-state index contributed by atoms with van der Waals surface area (Å²) in [6, 6.07) is 0. The van der Waals surface area contributed by atoms with E-state index in [-0.39, 0.29) is 17.6 Å². The molecule has 0 aromatic carbocycles. The number of amides is 1. The first kappa shape index (κ1) is 16.2. The molecule has 5 nitrogen and oxygen atoms in total. The lowest BCUT2D eigenvalue weighted by molar-refractivity contribution is 0.0524.